The molecule has 24 heavy (non-hydrogen) atoms. The maximum absolute atomic E-state index is 12.4. The zero-order chi connectivity index (χ0) is 17.5. The summed E-state index contributed by atoms with van der Waals surface area (Å²) in [5, 5.41) is 13.3. The van der Waals surface area contributed by atoms with Crippen LogP contribution in [0.25, 0.3) is 0 Å². The van der Waals surface area contributed by atoms with E-state index in [1.807, 2.05) is 62.5 Å². The van der Waals surface area contributed by atoms with Crippen LogP contribution in [-0.2, 0) is 9.53 Å². The lowest BCUT2D eigenvalue weighted by Crippen LogP contribution is -2.37. The SMILES string of the molecule is CO[C@@H](c1ccc[nH]1)[C@@H](C)C(=O)NC[C@@H](C)[C@H](O)c1ccccc1. The molecule has 2 rings (SSSR count). The standard InChI is InChI=1S/C19H26N2O3/c1-13(17(22)15-8-5-4-6-9-15)12-21-19(23)14(2)18(24-3)16-10-7-11-20-16/h4-11,13-14,17-18,20,22H,12H2,1-3H3,(H,21,23)/t13-,14-,17+,18-/m1/s1. The third kappa shape index (κ3) is 4.46. The molecule has 0 spiro atoms. The third-order valence-corrected chi connectivity index (χ3v) is 4.33. The van der Waals surface area contributed by atoms with E-state index >= 15 is 0 Å². The van der Waals surface area contributed by atoms with Gasteiger partial charge in [-0.15, -0.1) is 0 Å². The predicted octanol–water partition coefficient (Wildman–Crippen LogP) is 2.82. The lowest BCUT2D eigenvalue weighted by Gasteiger charge is -2.24. The molecule has 130 valence electrons. The van der Waals surface area contributed by atoms with Gasteiger partial charge in [0, 0.05) is 31.5 Å². The van der Waals surface area contributed by atoms with E-state index in [0.29, 0.717) is 6.54 Å². The minimum atomic E-state index is -0.608. The van der Waals surface area contributed by atoms with E-state index in [9.17, 15) is 9.90 Å². The van der Waals surface area contributed by atoms with Crippen LogP contribution >= 0.6 is 0 Å². The molecule has 0 radical (unpaired) electrons. The summed E-state index contributed by atoms with van der Waals surface area (Å²) in [5.74, 6) is -0.520. The summed E-state index contributed by atoms with van der Waals surface area (Å²) in [6.45, 7) is 4.16. The highest BCUT2D eigenvalue weighted by molar-refractivity contribution is 5.79. The summed E-state index contributed by atoms with van der Waals surface area (Å²) < 4.78 is 5.46. The first-order valence-corrected chi connectivity index (χ1v) is 8.21. The molecule has 0 saturated heterocycles. The summed E-state index contributed by atoms with van der Waals surface area (Å²) in [4.78, 5) is 15.5. The van der Waals surface area contributed by atoms with Crippen molar-refractivity contribution in [2.45, 2.75) is 26.1 Å². The maximum atomic E-state index is 12.4. The molecule has 5 nitrogen and oxygen atoms in total. The predicted molar refractivity (Wildman–Crippen MR) is 93.3 cm³/mol. The maximum Gasteiger partial charge on any atom is 0.225 e. The lowest BCUT2D eigenvalue weighted by molar-refractivity contribution is -0.129. The van der Waals surface area contributed by atoms with Gasteiger partial charge in [0.25, 0.3) is 0 Å². The molecule has 1 heterocycles. The molecule has 2 aromatic rings. The number of carbonyl (C=O) groups excluding carboxylic acids is 1. The second-order valence-corrected chi connectivity index (χ2v) is 6.15. The number of hydrogen-bond acceptors (Lipinski definition) is 3. The van der Waals surface area contributed by atoms with Gasteiger partial charge in [0.15, 0.2) is 0 Å². The van der Waals surface area contributed by atoms with Gasteiger partial charge in [0.05, 0.1) is 12.0 Å². The van der Waals surface area contributed by atoms with Crippen molar-refractivity contribution >= 4 is 5.91 Å². The number of amides is 1. The average Bonchev–Trinajstić information content (AvgIpc) is 3.14. The summed E-state index contributed by atoms with van der Waals surface area (Å²) in [6, 6.07) is 13.3. The minimum Gasteiger partial charge on any atom is -0.388 e. The summed E-state index contributed by atoms with van der Waals surface area (Å²) in [5.41, 5.74) is 1.73. The molecular weight excluding hydrogens is 304 g/mol. The van der Waals surface area contributed by atoms with Crippen molar-refractivity contribution in [3.8, 4) is 0 Å². The monoisotopic (exact) mass is 330 g/mol. The van der Waals surface area contributed by atoms with E-state index in [2.05, 4.69) is 10.3 Å². The fourth-order valence-corrected chi connectivity index (χ4v) is 2.77. The Morgan fingerprint density at radius 1 is 1.21 bits per heavy atom. The molecule has 0 aliphatic rings. The van der Waals surface area contributed by atoms with Crippen LogP contribution < -0.4 is 5.32 Å². The molecule has 0 unspecified atom stereocenters. The highest BCUT2D eigenvalue weighted by Gasteiger charge is 2.27. The Kier molecular flexibility index (Phi) is 6.58. The first-order valence-electron chi connectivity index (χ1n) is 8.21. The molecule has 1 aromatic carbocycles. The zero-order valence-corrected chi connectivity index (χ0v) is 14.4. The van der Waals surface area contributed by atoms with Crippen molar-refractivity contribution in [2.75, 3.05) is 13.7 Å². The number of aromatic amines is 1. The first kappa shape index (κ1) is 18.2. The lowest BCUT2D eigenvalue weighted by atomic mass is 9.96. The number of ether oxygens (including phenoxy) is 1. The number of aliphatic hydroxyl groups is 1. The number of nitrogens with one attached hydrogen (secondary N) is 2. The normalized spacial score (nSPS) is 16.2. The van der Waals surface area contributed by atoms with Crippen LogP contribution in [0.15, 0.2) is 48.7 Å². The summed E-state index contributed by atoms with van der Waals surface area (Å²) in [7, 11) is 1.59. The quantitative estimate of drug-likeness (QED) is 0.697. The Labute approximate surface area is 143 Å². The number of carbonyl (C=O) groups is 1. The van der Waals surface area contributed by atoms with Gasteiger partial charge in [-0.2, -0.15) is 0 Å². The number of hydrogen-bond donors (Lipinski definition) is 3. The Morgan fingerprint density at radius 3 is 2.50 bits per heavy atom. The number of aromatic nitrogens is 1. The van der Waals surface area contributed by atoms with Gasteiger partial charge in [0.2, 0.25) is 5.91 Å². The van der Waals surface area contributed by atoms with Gasteiger partial charge in [-0.05, 0) is 17.7 Å². The van der Waals surface area contributed by atoms with Crippen molar-refractivity contribution in [3.63, 3.8) is 0 Å². The third-order valence-electron chi connectivity index (χ3n) is 4.33. The van der Waals surface area contributed by atoms with Crippen molar-refractivity contribution in [2.24, 2.45) is 11.8 Å². The number of H-pyrrole nitrogens is 1. The number of aliphatic hydroxyl groups excluding tert-OH is 1. The summed E-state index contributed by atoms with van der Waals surface area (Å²) >= 11 is 0. The van der Waals surface area contributed by atoms with Gasteiger partial charge in [-0.25, -0.2) is 0 Å². The number of benzene rings is 1. The van der Waals surface area contributed by atoms with E-state index in [-0.39, 0.29) is 23.8 Å². The van der Waals surface area contributed by atoms with E-state index in [1.165, 1.54) is 0 Å². The second kappa shape index (κ2) is 8.66. The topological polar surface area (TPSA) is 74.4 Å². The van der Waals surface area contributed by atoms with Crippen molar-refractivity contribution in [1.82, 2.24) is 10.3 Å². The number of rotatable bonds is 8. The van der Waals surface area contributed by atoms with Crippen LogP contribution in [0.1, 0.15) is 37.3 Å². The molecule has 0 aliphatic heterocycles. The van der Waals surface area contributed by atoms with Crippen molar-refractivity contribution in [3.05, 3.63) is 59.9 Å². The Balaban J connectivity index is 1.89. The minimum absolute atomic E-state index is 0.0879. The molecule has 1 amide bonds. The number of methoxy groups -OCH3 is 1. The van der Waals surface area contributed by atoms with Crippen LogP contribution in [0, 0.1) is 11.8 Å². The average molecular weight is 330 g/mol. The van der Waals surface area contributed by atoms with E-state index < -0.39 is 6.10 Å². The molecule has 0 fully saturated rings. The Hall–Kier alpha value is -2.11. The van der Waals surface area contributed by atoms with E-state index in [4.69, 9.17) is 4.74 Å². The smallest absolute Gasteiger partial charge is 0.225 e. The van der Waals surface area contributed by atoms with Crippen molar-refractivity contribution in [1.29, 1.82) is 0 Å². The highest BCUT2D eigenvalue weighted by atomic mass is 16.5. The van der Waals surface area contributed by atoms with Crippen LogP contribution in [0.2, 0.25) is 0 Å². The fourth-order valence-electron chi connectivity index (χ4n) is 2.77. The molecule has 0 bridgehead atoms. The molecular formula is C19H26N2O3. The molecule has 3 N–H and O–H groups in total. The Bertz CT molecular complexity index is 613. The largest absolute Gasteiger partial charge is 0.388 e. The second-order valence-electron chi connectivity index (χ2n) is 6.15. The van der Waals surface area contributed by atoms with Crippen molar-refractivity contribution < 1.29 is 14.6 Å². The van der Waals surface area contributed by atoms with Gasteiger partial charge in [-0.3, -0.25) is 4.79 Å². The van der Waals surface area contributed by atoms with Crippen LogP contribution in [0.5, 0.6) is 0 Å². The Morgan fingerprint density at radius 2 is 1.92 bits per heavy atom. The highest BCUT2D eigenvalue weighted by Crippen LogP contribution is 2.25. The molecule has 0 saturated carbocycles. The van der Waals surface area contributed by atoms with Gasteiger partial charge in [0.1, 0.15) is 6.10 Å². The molecule has 4 atom stereocenters. The first-order chi connectivity index (χ1) is 11.5. The molecule has 0 aliphatic carbocycles. The van der Waals surface area contributed by atoms with E-state index in [0.717, 1.165) is 11.3 Å². The zero-order valence-electron chi connectivity index (χ0n) is 14.4. The van der Waals surface area contributed by atoms with Crippen LogP contribution in [-0.4, -0.2) is 29.7 Å². The van der Waals surface area contributed by atoms with Crippen LogP contribution in [0.4, 0.5) is 0 Å². The fraction of sp³-hybridized carbons (Fsp3) is 0.421. The van der Waals surface area contributed by atoms with Gasteiger partial charge in [-0.1, -0.05) is 44.2 Å². The molecule has 5 heteroatoms. The molecule has 1 aromatic heterocycles. The van der Waals surface area contributed by atoms with Gasteiger partial charge >= 0.3 is 0 Å². The van der Waals surface area contributed by atoms with E-state index in [1.54, 1.807) is 7.11 Å². The summed E-state index contributed by atoms with van der Waals surface area (Å²) in [6.07, 6.45) is 0.877. The van der Waals surface area contributed by atoms with Crippen LogP contribution in [0.3, 0.4) is 0 Å². The van der Waals surface area contributed by atoms with Gasteiger partial charge < -0.3 is 20.1 Å².